The van der Waals surface area contributed by atoms with Gasteiger partial charge in [0, 0.05) is 19.2 Å². The molecule has 1 aromatic carbocycles. The summed E-state index contributed by atoms with van der Waals surface area (Å²) >= 11 is 0. The largest absolute Gasteiger partial charge is 0.380 e. The second kappa shape index (κ2) is 5.61. The van der Waals surface area contributed by atoms with Crippen LogP contribution in [0.25, 0.3) is 0 Å². The van der Waals surface area contributed by atoms with E-state index in [-0.39, 0.29) is 6.04 Å². The Morgan fingerprint density at radius 2 is 2.05 bits per heavy atom. The van der Waals surface area contributed by atoms with E-state index in [1.54, 1.807) is 7.11 Å². The van der Waals surface area contributed by atoms with Gasteiger partial charge in [-0.15, -0.1) is 0 Å². The fraction of sp³-hybridized carbons (Fsp3) is 0.625. The Hall–Kier alpha value is -0.900. The maximum absolute atomic E-state index is 6.45. The van der Waals surface area contributed by atoms with Gasteiger partial charge in [-0.05, 0) is 43.4 Å². The van der Waals surface area contributed by atoms with Crippen LogP contribution in [0.1, 0.15) is 42.9 Å². The van der Waals surface area contributed by atoms with Crippen molar-refractivity contribution < 1.29 is 4.74 Å². The molecule has 2 unspecified atom stereocenters. The van der Waals surface area contributed by atoms with Gasteiger partial charge in [-0.2, -0.15) is 0 Å². The highest BCUT2D eigenvalue weighted by Crippen LogP contribution is 2.40. The van der Waals surface area contributed by atoms with Crippen molar-refractivity contribution in [3.8, 4) is 0 Å². The van der Waals surface area contributed by atoms with Crippen molar-refractivity contribution in [3.63, 3.8) is 0 Å². The second-order valence-electron chi connectivity index (χ2n) is 5.85. The first-order valence-corrected chi connectivity index (χ1v) is 7.39. The van der Waals surface area contributed by atoms with Gasteiger partial charge in [-0.1, -0.05) is 24.3 Å². The Morgan fingerprint density at radius 1 is 1.26 bits per heavy atom. The first kappa shape index (κ1) is 13.1. The molecule has 2 N–H and O–H groups in total. The van der Waals surface area contributed by atoms with Gasteiger partial charge in [-0.25, -0.2) is 0 Å². The predicted molar refractivity (Wildman–Crippen MR) is 76.8 cm³/mol. The Bertz CT molecular complexity index is 431. The molecule has 1 saturated carbocycles. The molecule has 1 aliphatic heterocycles. The number of piperidine rings is 1. The molecule has 1 aliphatic carbocycles. The molecular weight excluding hydrogens is 236 g/mol. The Balaban J connectivity index is 1.92. The highest BCUT2D eigenvalue weighted by molar-refractivity contribution is 5.31. The molecule has 1 aromatic rings. The Kier molecular flexibility index (Phi) is 3.87. The number of likely N-dealkylation sites (tertiary alicyclic amines) is 1. The van der Waals surface area contributed by atoms with E-state index in [2.05, 4.69) is 29.2 Å². The molecule has 2 fully saturated rings. The summed E-state index contributed by atoms with van der Waals surface area (Å²) in [6, 6.07) is 10.0. The summed E-state index contributed by atoms with van der Waals surface area (Å²) in [6.45, 7) is 1.88. The molecule has 3 rings (SSSR count). The summed E-state index contributed by atoms with van der Waals surface area (Å²) in [4.78, 5) is 2.64. The molecular formula is C16H24N2O. The van der Waals surface area contributed by atoms with E-state index in [4.69, 9.17) is 10.5 Å². The zero-order valence-electron chi connectivity index (χ0n) is 11.7. The SMILES string of the molecule is COCc1ccccc1C1C(N)CCCN1C1CC1. The molecule has 0 aromatic heterocycles. The normalized spacial score (nSPS) is 28.5. The number of rotatable bonds is 4. The summed E-state index contributed by atoms with van der Waals surface area (Å²) in [5, 5.41) is 0. The van der Waals surface area contributed by atoms with Gasteiger partial charge in [0.25, 0.3) is 0 Å². The third-order valence-electron chi connectivity index (χ3n) is 4.41. The van der Waals surface area contributed by atoms with Crippen LogP contribution in [0.5, 0.6) is 0 Å². The smallest absolute Gasteiger partial charge is 0.0716 e. The maximum Gasteiger partial charge on any atom is 0.0716 e. The highest BCUT2D eigenvalue weighted by atomic mass is 16.5. The zero-order chi connectivity index (χ0) is 13.2. The lowest BCUT2D eigenvalue weighted by Gasteiger charge is -2.41. The van der Waals surface area contributed by atoms with E-state index in [1.165, 1.54) is 36.9 Å². The standard InChI is InChI=1S/C16H24N2O/c1-19-11-12-5-2-3-6-14(12)16-15(17)7-4-10-18(16)13-8-9-13/h2-3,5-6,13,15-16H,4,7-11,17H2,1H3. The van der Waals surface area contributed by atoms with Gasteiger partial charge in [0.2, 0.25) is 0 Å². The van der Waals surface area contributed by atoms with Crippen molar-refractivity contribution in [2.45, 2.75) is 50.4 Å². The molecule has 0 radical (unpaired) electrons. The van der Waals surface area contributed by atoms with Crippen LogP contribution in [-0.4, -0.2) is 30.6 Å². The number of benzene rings is 1. The van der Waals surface area contributed by atoms with E-state index in [1.807, 2.05) is 0 Å². The summed E-state index contributed by atoms with van der Waals surface area (Å²) < 4.78 is 5.35. The fourth-order valence-electron chi connectivity index (χ4n) is 3.39. The molecule has 19 heavy (non-hydrogen) atoms. The van der Waals surface area contributed by atoms with Crippen molar-refractivity contribution >= 4 is 0 Å². The first-order valence-electron chi connectivity index (χ1n) is 7.39. The Labute approximate surface area is 115 Å². The predicted octanol–water partition coefficient (Wildman–Crippen LogP) is 2.46. The van der Waals surface area contributed by atoms with Gasteiger partial charge < -0.3 is 10.5 Å². The van der Waals surface area contributed by atoms with Crippen molar-refractivity contribution in [2.24, 2.45) is 5.73 Å². The molecule has 104 valence electrons. The lowest BCUT2D eigenvalue weighted by atomic mass is 9.88. The fourth-order valence-corrected chi connectivity index (χ4v) is 3.39. The van der Waals surface area contributed by atoms with E-state index in [9.17, 15) is 0 Å². The lowest BCUT2D eigenvalue weighted by Crippen LogP contribution is -2.47. The number of nitrogens with zero attached hydrogens (tertiary/aromatic N) is 1. The van der Waals surface area contributed by atoms with Gasteiger partial charge in [0.15, 0.2) is 0 Å². The molecule has 2 atom stereocenters. The molecule has 3 nitrogen and oxygen atoms in total. The Morgan fingerprint density at radius 3 is 2.79 bits per heavy atom. The van der Waals surface area contributed by atoms with Gasteiger partial charge in [0.1, 0.15) is 0 Å². The summed E-state index contributed by atoms with van der Waals surface area (Å²) in [6.07, 6.45) is 5.06. The van der Waals surface area contributed by atoms with Crippen LogP contribution in [0.3, 0.4) is 0 Å². The minimum Gasteiger partial charge on any atom is -0.380 e. The van der Waals surface area contributed by atoms with Crippen molar-refractivity contribution in [1.29, 1.82) is 0 Å². The van der Waals surface area contributed by atoms with Crippen molar-refractivity contribution in [3.05, 3.63) is 35.4 Å². The maximum atomic E-state index is 6.45. The van der Waals surface area contributed by atoms with Crippen molar-refractivity contribution in [2.75, 3.05) is 13.7 Å². The molecule has 1 saturated heterocycles. The van der Waals surface area contributed by atoms with Crippen LogP contribution >= 0.6 is 0 Å². The zero-order valence-corrected chi connectivity index (χ0v) is 11.7. The van der Waals surface area contributed by atoms with Crippen LogP contribution in [0.4, 0.5) is 0 Å². The van der Waals surface area contributed by atoms with Gasteiger partial charge in [0.05, 0.1) is 12.6 Å². The average Bonchev–Trinajstić information content (AvgIpc) is 3.24. The number of ether oxygens (including phenoxy) is 1. The van der Waals surface area contributed by atoms with Crippen LogP contribution < -0.4 is 5.73 Å². The molecule has 1 heterocycles. The van der Waals surface area contributed by atoms with E-state index >= 15 is 0 Å². The summed E-state index contributed by atoms with van der Waals surface area (Å²) in [7, 11) is 1.76. The second-order valence-corrected chi connectivity index (χ2v) is 5.85. The number of hydrogen-bond donors (Lipinski definition) is 1. The molecule has 0 bridgehead atoms. The van der Waals surface area contributed by atoms with Crippen LogP contribution in [0.2, 0.25) is 0 Å². The van der Waals surface area contributed by atoms with E-state index < -0.39 is 0 Å². The van der Waals surface area contributed by atoms with E-state index in [0.29, 0.717) is 12.6 Å². The number of methoxy groups -OCH3 is 1. The van der Waals surface area contributed by atoms with Crippen LogP contribution in [0, 0.1) is 0 Å². The lowest BCUT2D eigenvalue weighted by molar-refractivity contribution is 0.116. The van der Waals surface area contributed by atoms with Gasteiger partial charge >= 0.3 is 0 Å². The van der Waals surface area contributed by atoms with Crippen LogP contribution in [-0.2, 0) is 11.3 Å². The third kappa shape index (κ3) is 2.69. The topological polar surface area (TPSA) is 38.5 Å². The van der Waals surface area contributed by atoms with E-state index in [0.717, 1.165) is 12.5 Å². The summed E-state index contributed by atoms with van der Waals surface area (Å²) in [5.74, 6) is 0. The summed E-state index contributed by atoms with van der Waals surface area (Å²) in [5.41, 5.74) is 9.12. The van der Waals surface area contributed by atoms with Crippen LogP contribution in [0.15, 0.2) is 24.3 Å². The molecule has 0 spiro atoms. The minimum atomic E-state index is 0.257. The average molecular weight is 260 g/mol. The third-order valence-corrected chi connectivity index (χ3v) is 4.41. The number of nitrogens with two attached hydrogens (primary N) is 1. The first-order chi connectivity index (χ1) is 9.31. The molecule has 3 heteroatoms. The van der Waals surface area contributed by atoms with Gasteiger partial charge in [-0.3, -0.25) is 4.90 Å². The quantitative estimate of drug-likeness (QED) is 0.904. The number of hydrogen-bond acceptors (Lipinski definition) is 3. The highest BCUT2D eigenvalue weighted by Gasteiger charge is 2.39. The molecule has 2 aliphatic rings. The molecule has 0 amide bonds. The van der Waals surface area contributed by atoms with Crippen molar-refractivity contribution in [1.82, 2.24) is 4.90 Å². The minimum absolute atomic E-state index is 0.257. The monoisotopic (exact) mass is 260 g/mol.